The van der Waals surface area contributed by atoms with Gasteiger partial charge in [0.25, 0.3) is 0 Å². The number of nitrogens with zero attached hydrogens (tertiary/aromatic N) is 3. The van der Waals surface area contributed by atoms with E-state index in [0.717, 1.165) is 46.6 Å². The second-order valence-corrected chi connectivity index (χ2v) is 9.79. The van der Waals surface area contributed by atoms with Crippen LogP contribution in [0.2, 0.25) is 5.02 Å². The van der Waals surface area contributed by atoms with Gasteiger partial charge < -0.3 is 16.0 Å². The molecule has 0 aliphatic rings. The predicted octanol–water partition coefficient (Wildman–Crippen LogP) is 6.95. The van der Waals surface area contributed by atoms with E-state index < -0.39 is 0 Å². The van der Waals surface area contributed by atoms with Crippen molar-refractivity contribution in [2.75, 3.05) is 23.7 Å². The second kappa shape index (κ2) is 11.6. The number of halogens is 2. The number of hydrogen-bond acceptors (Lipinski definition) is 4. The molecule has 0 saturated carbocycles. The number of rotatable bonds is 9. The Morgan fingerprint density at radius 2 is 1.83 bits per heavy atom. The Hall–Kier alpha value is -3.10. The Kier molecular flexibility index (Phi) is 8.25. The Labute approximate surface area is 218 Å². The summed E-state index contributed by atoms with van der Waals surface area (Å²) < 4.78 is 2.57. The number of unbranched alkanes of at least 4 members (excludes halogenated alkanes) is 1. The number of carbonyl (C=O) groups excluding carboxylic acids is 1. The van der Waals surface area contributed by atoms with Gasteiger partial charge in [-0.15, -0.1) is 0 Å². The van der Waals surface area contributed by atoms with Crippen molar-refractivity contribution in [1.82, 2.24) is 19.9 Å². The molecule has 2 amide bonds. The highest BCUT2D eigenvalue weighted by Crippen LogP contribution is 2.30. The highest BCUT2D eigenvalue weighted by Gasteiger charge is 2.13. The maximum atomic E-state index is 12.2. The van der Waals surface area contributed by atoms with Crippen molar-refractivity contribution in [2.24, 2.45) is 0 Å². The third-order valence-electron chi connectivity index (χ3n) is 5.61. The summed E-state index contributed by atoms with van der Waals surface area (Å²) in [6.07, 6.45) is 3.43. The Morgan fingerprint density at radius 1 is 1.09 bits per heavy atom. The van der Waals surface area contributed by atoms with Crippen LogP contribution in [0.3, 0.4) is 0 Å². The minimum atomic E-state index is -0.197. The minimum Gasteiger partial charge on any atom is -0.370 e. The average molecular weight is 556 g/mol. The van der Waals surface area contributed by atoms with Crippen molar-refractivity contribution >= 4 is 50.7 Å². The molecule has 3 N–H and O–H groups in total. The summed E-state index contributed by atoms with van der Waals surface area (Å²) in [4.78, 5) is 16.9. The number of fused-ring (bicyclic) bond motifs is 1. The Morgan fingerprint density at radius 3 is 2.57 bits per heavy atom. The van der Waals surface area contributed by atoms with Gasteiger partial charge in [-0.25, -0.2) is 9.78 Å². The molecule has 0 saturated heterocycles. The van der Waals surface area contributed by atoms with E-state index in [4.69, 9.17) is 16.6 Å². The lowest BCUT2D eigenvalue weighted by Gasteiger charge is -2.12. The molecule has 182 valence electrons. The van der Waals surface area contributed by atoms with Crippen LogP contribution in [0.15, 0.2) is 65.3 Å². The number of hydrogen-bond donors (Lipinski definition) is 3. The molecule has 0 atom stereocenters. The molecule has 0 unspecified atom stereocenters. The standard InChI is InChI=1S/C26H28BrClN6O/c1-17(2)18-9-11-19(12-10-18)32-26(35)30-14-6-5-13-29-24-15-23(20-7-3-4-8-22(20)28)33-25-21(27)16-31-34(24)25/h3-4,7-12,15-17,29H,5-6,13-14H2,1-2H3,(H2,30,32,35). The van der Waals surface area contributed by atoms with Gasteiger partial charge in [-0.2, -0.15) is 9.61 Å². The van der Waals surface area contributed by atoms with E-state index in [0.29, 0.717) is 23.1 Å². The maximum absolute atomic E-state index is 12.2. The molecule has 7 nitrogen and oxygen atoms in total. The number of carbonyl (C=O) groups is 1. The molecule has 0 fully saturated rings. The summed E-state index contributed by atoms with van der Waals surface area (Å²) in [5.74, 6) is 1.29. The van der Waals surface area contributed by atoms with Gasteiger partial charge in [0, 0.05) is 35.4 Å². The van der Waals surface area contributed by atoms with Crippen molar-refractivity contribution < 1.29 is 4.79 Å². The van der Waals surface area contributed by atoms with Crippen molar-refractivity contribution in [2.45, 2.75) is 32.6 Å². The largest absolute Gasteiger partial charge is 0.370 e. The zero-order valence-corrected chi connectivity index (χ0v) is 22.0. The normalized spacial score (nSPS) is 11.1. The van der Waals surface area contributed by atoms with E-state index in [-0.39, 0.29) is 6.03 Å². The molecule has 4 rings (SSSR count). The molecule has 4 aromatic rings. The molecule has 9 heteroatoms. The van der Waals surface area contributed by atoms with Gasteiger partial charge in [0.2, 0.25) is 0 Å². The summed E-state index contributed by atoms with van der Waals surface area (Å²) in [5.41, 5.74) is 4.38. The fourth-order valence-corrected chi connectivity index (χ4v) is 4.24. The fourth-order valence-electron chi connectivity index (χ4n) is 3.66. The number of aromatic nitrogens is 3. The quantitative estimate of drug-likeness (QED) is 0.195. The van der Waals surface area contributed by atoms with Gasteiger partial charge in [0.15, 0.2) is 5.65 Å². The SMILES string of the molecule is CC(C)c1ccc(NC(=O)NCCCCNc2cc(-c3ccccc3Cl)nc3c(Br)cnn23)cc1. The van der Waals surface area contributed by atoms with Crippen LogP contribution >= 0.6 is 27.5 Å². The van der Waals surface area contributed by atoms with E-state index in [1.54, 1.807) is 10.7 Å². The first-order valence-electron chi connectivity index (χ1n) is 11.6. The average Bonchev–Trinajstić information content (AvgIpc) is 3.22. The molecule has 2 heterocycles. The van der Waals surface area contributed by atoms with E-state index in [1.165, 1.54) is 5.56 Å². The first-order chi connectivity index (χ1) is 16.9. The summed E-state index contributed by atoms with van der Waals surface area (Å²) in [7, 11) is 0. The van der Waals surface area contributed by atoms with Gasteiger partial charge in [-0.3, -0.25) is 0 Å². The lowest BCUT2D eigenvalue weighted by atomic mass is 10.0. The second-order valence-electron chi connectivity index (χ2n) is 8.53. The van der Waals surface area contributed by atoms with Crippen molar-refractivity contribution in [1.29, 1.82) is 0 Å². The van der Waals surface area contributed by atoms with Crippen LogP contribution in [0.25, 0.3) is 16.9 Å². The number of benzene rings is 2. The van der Waals surface area contributed by atoms with Gasteiger partial charge in [0.05, 0.1) is 16.4 Å². The summed E-state index contributed by atoms with van der Waals surface area (Å²) in [6, 6.07) is 17.3. The van der Waals surface area contributed by atoms with E-state index in [1.807, 2.05) is 54.6 Å². The topological polar surface area (TPSA) is 83.4 Å². The summed E-state index contributed by atoms with van der Waals surface area (Å²) in [5, 5.41) is 14.3. The molecular formula is C26H28BrClN6O. The molecule has 0 aliphatic heterocycles. The van der Waals surface area contributed by atoms with Crippen LogP contribution in [0.5, 0.6) is 0 Å². The molecule has 35 heavy (non-hydrogen) atoms. The van der Waals surface area contributed by atoms with Crippen molar-refractivity contribution in [3.63, 3.8) is 0 Å². The predicted molar refractivity (Wildman–Crippen MR) is 146 cm³/mol. The smallest absolute Gasteiger partial charge is 0.319 e. The first kappa shape index (κ1) is 25.0. The van der Waals surface area contributed by atoms with Gasteiger partial charge in [-0.1, -0.05) is 55.8 Å². The zero-order chi connectivity index (χ0) is 24.8. The molecule has 0 aliphatic carbocycles. The van der Waals surface area contributed by atoms with Crippen LogP contribution in [-0.4, -0.2) is 33.7 Å². The highest BCUT2D eigenvalue weighted by molar-refractivity contribution is 9.10. The first-order valence-corrected chi connectivity index (χ1v) is 12.8. The minimum absolute atomic E-state index is 0.197. The lowest BCUT2D eigenvalue weighted by molar-refractivity contribution is 0.252. The summed E-state index contributed by atoms with van der Waals surface area (Å²) >= 11 is 9.92. The van der Waals surface area contributed by atoms with Gasteiger partial charge in [-0.05, 0) is 58.5 Å². The molecule has 0 bridgehead atoms. The molecule has 2 aromatic heterocycles. The third kappa shape index (κ3) is 6.32. The Balaban J connectivity index is 1.28. The summed E-state index contributed by atoms with van der Waals surface area (Å²) in [6.45, 7) is 5.60. The number of nitrogens with one attached hydrogen (secondary N) is 3. The molecule has 0 radical (unpaired) electrons. The van der Waals surface area contributed by atoms with Crippen molar-refractivity contribution in [3.8, 4) is 11.3 Å². The van der Waals surface area contributed by atoms with Crippen LogP contribution in [-0.2, 0) is 0 Å². The number of amides is 2. The van der Waals surface area contributed by atoms with Crippen LogP contribution in [0.4, 0.5) is 16.3 Å². The molecular weight excluding hydrogens is 528 g/mol. The number of urea groups is 1. The van der Waals surface area contributed by atoms with E-state index in [2.05, 4.69) is 50.8 Å². The van der Waals surface area contributed by atoms with Crippen LogP contribution in [0.1, 0.15) is 38.2 Å². The van der Waals surface area contributed by atoms with E-state index in [9.17, 15) is 4.79 Å². The number of anilines is 2. The highest BCUT2D eigenvalue weighted by atomic mass is 79.9. The third-order valence-corrected chi connectivity index (χ3v) is 6.50. The molecule has 2 aromatic carbocycles. The van der Waals surface area contributed by atoms with Gasteiger partial charge in [0.1, 0.15) is 5.82 Å². The monoisotopic (exact) mass is 554 g/mol. The van der Waals surface area contributed by atoms with Crippen molar-refractivity contribution in [3.05, 3.63) is 75.9 Å². The Bertz CT molecular complexity index is 1310. The van der Waals surface area contributed by atoms with Gasteiger partial charge >= 0.3 is 6.03 Å². The fraction of sp³-hybridized carbons (Fsp3) is 0.269. The lowest BCUT2D eigenvalue weighted by Crippen LogP contribution is -2.29. The van der Waals surface area contributed by atoms with E-state index >= 15 is 0 Å². The van der Waals surface area contributed by atoms with Crippen LogP contribution < -0.4 is 16.0 Å². The molecule has 0 spiro atoms. The van der Waals surface area contributed by atoms with Crippen LogP contribution in [0, 0.1) is 0 Å². The maximum Gasteiger partial charge on any atom is 0.319 e. The zero-order valence-electron chi connectivity index (χ0n) is 19.7.